The molecule has 4 nitrogen and oxygen atoms in total. The fourth-order valence-electron chi connectivity index (χ4n) is 2.15. The maximum absolute atomic E-state index is 5.44. The summed E-state index contributed by atoms with van der Waals surface area (Å²) >= 11 is 3.58. The van der Waals surface area contributed by atoms with E-state index in [1.807, 2.05) is 29.3 Å². The van der Waals surface area contributed by atoms with Crippen molar-refractivity contribution in [2.24, 2.45) is 0 Å². The van der Waals surface area contributed by atoms with Gasteiger partial charge in [-0.2, -0.15) is 16.7 Å². The smallest absolute Gasteiger partial charge is 0.232 e. The second-order valence-corrected chi connectivity index (χ2v) is 6.26. The number of hydrogen-bond acceptors (Lipinski definition) is 6. The molecule has 0 aromatic carbocycles. The molecule has 3 rings (SSSR count). The second kappa shape index (κ2) is 5.42. The predicted molar refractivity (Wildman–Crippen MR) is 75.1 cm³/mol. The largest absolute Gasteiger partial charge is 0.339 e. The van der Waals surface area contributed by atoms with E-state index in [2.05, 4.69) is 22.4 Å². The second-order valence-electron chi connectivity index (χ2n) is 4.24. The van der Waals surface area contributed by atoms with Gasteiger partial charge < -0.3 is 9.84 Å². The summed E-state index contributed by atoms with van der Waals surface area (Å²) in [4.78, 5) is 5.61. The first-order chi connectivity index (χ1) is 8.88. The Morgan fingerprint density at radius 2 is 2.44 bits per heavy atom. The molecule has 0 saturated carbocycles. The molecule has 1 N–H and O–H groups in total. The van der Waals surface area contributed by atoms with Crippen LogP contribution in [0, 0.1) is 0 Å². The van der Waals surface area contributed by atoms with Crippen LogP contribution >= 0.6 is 23.1 Å². The minimum atomic E-state index is 0.344. The minimum absolute atomic E-state index is 0.344. The predicted octanol–water partition coefficient (Wildman–Crippen LogP) is 2.61. The lowest BCUT2D eigenvalue weighted by Gasteiger charge is -2.15. The Hall–Kier alpha value is -0.850. The molecule has 1 fully saturated rings. The van der Waals surface area contributed by atoms with Crippen molar-refractivity contribution < 1.29 is 4.52 Å². The number of hydrogen-bond donors (Lipinski definition) is 1. The van der Waals surface area contributed by atoms with Crippen LogP contribution in [0.3, 0.4) is 0 Å². The highest BCUT2D eigenvalue weighted by Crippen LogP contribution is 2.33. The zero-order valence-electron chi connectivity index (χ0n) is 10.1. The number of rotatable bonds is 4. The van der Waals surface area contributed by atoms with Crippen LogP contribution in [-0.4, -0.2) is 34.2 Å². The van der Waals surface area contributed by atoms with E-state index in [1.165, 1.54) is 0 Å². The summed E-state index contributed by atoms with van der Waals surface area (Å²) in [6, 6.07) is 4.48. The van der Waals surface area contributed by atoms with Crippen molar-refractivity contribution >= 4 is 23.1 Å². The molecule has 6 heteroatoms. The van der Waals surface area contributed by atoms with E-state index in [4.69, 9.17) is 4.52 Å². The van der Waals surface area contributed by atoms with E-state index in [9.17, 15) is 0 Å². The van der Waals surface area contributed by atoms with Gasteiger partial charge in [-0.15, -0.1) is 11.3 Å². The van der Waals surface area contributed by atoms with E-state index in [1.54, 1.807) is 11.3 Å². The number of nitrogens with one attached hydrogen (secondary N) is 1. The SMILES string of the molecule is CCNC1CSCC1c1nc(-c2cccs2)no1. The summed E-state index contributed by atoms with van der Waals surface area (Å²) in [5, 5.41) is 9.60. The van der Waals surface area contributed by atoms with Crippen molar-refractivity contribution in [3.8, 4) is 10.7 Å². The van der Waals surface area contributed by atoms with Crippen LogP contribution in [-0.2, 0) is 0 Å². The number of nitrogens with zero attached hydrogens (tertiary/aromatic N) is 2. The van der Waals surface area contributed by atoms with Gasteiger partial charge >= 0.3 is 0 Å². The third kappa shape index (κ3) is 2.32. The van der Waals surface area contributed by atoms with Crippen LogP contribution in [0.4, 0.5) is 0 Å². The molecule has 2 aromatic rings. The molecule has 2 unspecified atom stereocenters. The number of thioether (sulfide) groups is 1. The van der Waals surface area contributed by atoms with Gasteiger partial charge in [-0.25, -0.2) is 0 Å². The van der Waals surface area contributed by atoms with Crippen molar-refractivity contribution in [2.75, 3.05) is 18.1 Å². The molecule has 96 valence electrons. The van der Waals surface area contributed by atoms with Gasteiger partial charge in [-0.3, -0.25) is 0 Å². The highest BCUT2D eigenvalue weighted by Gasteiger charge is 2.33. The van der Waals surface area contributed by atoms with Crippen molar-refractivity contribution in [1.29, 1.82) is 0 Å². The fraction of sp³-hybridized carbons (Fsp3) is 0.500. The normalized spacial score (nSPS) is 23.6. The molecule has 1 aliphatic rings. The molecular weight excluding hydrogens is 266 g/mol. The Balaban J connectivity index is 1.80. The summed E-state index contributed by atoms with van der Waals surface area (Å²) in [6.45, 7) is 3.11. The molecule has 0 spiro atoms. The van der Waals surface area contributed by atoms with Crippen LogP contribution in [0.15, 0.2) is 22.0 Å². The molecule has 18 heavy (non-hydrogen) atoms. The Labute approximate surface area is 114 Å². The van der Waals surface area contributed by atoms with E-state index < -0.39 is 0 Å². The molecule has 2 aromatic heterocycles. The summed E-state index contributed by atoms with van der Waals surface area (Å²) in [7, 11) is 0. The van der Waals surface area contributed by atoms with Gasteiger partial charge in [0, 0.05) is 17.5 Å². The van der Waals surface area contributed by atoms with Crippen molar-refractivity contribution in [2.45, 2.75) is 18.9 Å². The van der Waals surface area contributed by atoms with Gasteiger partial charge in [0.05, 0.1) is 10.8 Å². The third-order valence-electron chi connectivity index (χ3n) is 3.05. The standard InChI is InChI=1S/C12H15N3OS2/c1-2-13-9-7-17-6-8(9)12-14-11(15-16-12)10-4-3-5-18-10/h3-5,8-9,13H,2,6-7H2,1H3. The summed E-state index contributed by atoms with van der Waals surface area (Å²) in [5.41, 5.74) is 0. The van der Waals surface area contributed by atoms with E-state index in [0.29, 0.717) is 17.8 Å². The fourth-order valence-corrected chi connectivity index (χ4v) is 4.17. The lowest BCUT2D eigenvalue weighted by molar-refractivity contribution is 0.341. The van der Waals surface area contributed by atoms with Crippen molar-refractivity contribution in [3.63, 3.8) is 0 Å². The molecule has 0 bridgehead atoms. The van der Waals surface area contributed by atoms with Crippen molar-refractivity contribution in [3.05, 3.63) is 23.4 Å². The summed E-state index contributed by atoms with van der Waals surface area (Å²) in [6.07, 6.45) is 0. The lowest BCUT2D eigenvalue weighted by Crippen LogP contribution is -2.34. The van der Waals surface area contributed by atoms with E-state index in [-0.39, 0.29) is 0 Å². The Morgan fingerprint density at radius 1 is 1.50 bits per heavy atom. The summed E-state index contributed by atoms with van der Waals surface area (Å²) in [5.74, 6) is 4.01. The highest BCUT2D eigenvalue weighted by atomic mass is 32.2. The Morgan fingerprint density at radius 3 is 3.22 bits per heavy atom. The number of aromatic nitrogens is 2. The van der Waals surface area contributed by atoms with Gasteiger partial charge in [0.15, 0.2) is 0 Å². The van der Waals surface area contributed by atoms with E-state index >= 15 is 0 Å². The molecular formula is C12H15N3OS2. The van der Waals surface area contributed by atoms with Crippen molar-refractivity contribution in [1.82, 2.24) is 15.5 Å². The lowest BCUT2D eigenvalue weighted by atomic mass is 10.0. The van der Waals surface area contributed by atoms with E-state index in [0.717, 1.165) is 28.8 Å². The summed E-state index contributed by atoms with van der Waals surface area (Å²) < 4.78 is 5.44. The van der Waals surface area contributed by atoms with Crippen LogP contribution in [0.2, 0.25) is 0 Å². The van der Waals surface area contributed by atoms with Crippen LogP contribution < -0.4 is 5.32 Å². The average Bonchev–Trinajstić information content (AvgIpc) is 3.10. The molecule has 1 aliphatic heterocycles. The van der Waals surface area contributed by atoms with Gasteiger partial charge in [-0.05, 0) is 18.0 Å². The molecule has 0 amide bonds. The topological polar surface area (TPSA) is 51.0 Å². The van der Waals surface area contributed by atoms with Crippen LogP contribution in [0.25, 0.3) is 10.7 Å². The molecule has 2 atom stereocenters. The van der Waals surface area contributed by atoms with Gasteiger partial charge in [0.25, 0.3) is 0 Å². The maximum atomic E-state index is 5.44. The van der Waals surface area contributed by atoms with Gasteiger partial charge in [0.2, 0.25) is 11.7 Å². The zero-order valence-corrected chi connectivity index (χ0v) is 11.8. The molecule has 3 heterocycles. The first kappa shape index (κ1) is 12.2. The zero-order chi connectivity index (χ0) is 12.4. The maximum Gasteiger partial charge on any atom is 0.232 e. The molecule has 0 aliphatic carbocycles. The molecule has 0 radical (unpaired) electrons. The highest BCUT2D eigenvalue weighted by molar-refractivity contribution is 7.99. The monoisotopic (exact) mass is 281 g/mol. The van der Waals surface area contributed by atoms with Crippen LogP contribution in [0.5, 0.6) is 0 Å². The third-order valence-corrected chi connectivity index (χ3v) is 5.10. The first-order valence-electron chi connectivity index (χ1n) is 6.07. The quantitative estimate of drug-likeness (QED) is 0.933. The first-order valence-corrected chi connectivity index (χ1v) is 8.10. The minimum Gasteiger partial charge on any atom is -0.339 e. The molecule has 1 saturated heterocycles. The Kier molecular flexibility index (Phi) is 3.67. The van der Waals surface area contributed by atoms with Gasteiger partial charge in [-0.1, -0.05) is 18.1 Å². The Bertz CT molecular complexity index is 497. The average molecular weight is 281 g/mol. The number of thiophene rings is 1. The van der Waals surface area contributed by atoms with Gasteiger partial charge in [0.1, 0.15) is 0 Å². The number of likely N-dealkylation sites (N-methyl/N-ethyl adjacent to an activating group) is 1. The van der Waals surface area contributed by atoms with Crippen LogP contribution in [0.1, 0.15) is 18.7 Å².